The average molecular weight is 208 g/mol. The Morgan fingerprint density at radius 3 is 2.87 bits per heavy atom. The lowest BCUT2D eigenvalue weighted by molar-refractivity contribution is 0.100. The lowest BCUT2D eigenvalue weighted by Crippen LogP contribution is -2.32. The normalized spacial score (nSPS) is 10.0. The van der Waals surface area contributed by atoms with Crippen LogP contribution in [0.4, 0.5) is 5.82 Å². The monoisotopic (exact) mass is 208 g/mol. The van der Waals surface area contributed by atoms with Gasteiger partial charge in [-0.3, -0.25) is 4.79 Å². The second kappa shape index (κ2) is 5.31. The van der Waals surface area contributed by atoms with Gasteiger partial charge in [0.25, 0.3) is 5.91 Å². The van der Waals surface area contributed by atoms with Crippen molar-refractivity contribution in [1.29, 1.82) is 0 Å². The molecule has 0 spiro atoms. The van der Waals surface area contributed by atoms with E-state index in [1.807, 2.05) is 11.8 Å². The number of likely N-dealkylation sites (N-methyl/N-ethyl adjacent to an activating group) is 1. The number of anilines is 1. The molecule has 4 N–H and O–H groups in total. The minimum absolute atomic E-state index is 0.438. The van der Waals surface area contributed by atoms with Crippen molar-refractivity contribution >= 4 is 11.7 Å². The second-order valence-corrected chi connectivity index (χ2v) is 3.11. The van der Waals surface area contributed by atoms with E-state index in [-0.39, 0.29) is 0 Å². The zero-order valence-electron chi connectivity index (χ0n) is 8.81. The number of carbonyl (C=O) groups is 1. The molecule has 0 aliphatic heterocycles. The van der Waals surface area contributed by atoms with Gasteiger partial charge < -0.3 is 16.4 Å². The zero-order valence-corrected chi connectivity index (χ0v) is 8.81. The van der Waals surface area contributed by atoms with E-state index in [0.717, 1.165) is 6.54 Å². The lowest BCUT2D eigenvalue weighted by atomic mass is 10.2. The maximum absolute atomic E-state index is 11.2. The first-order valence-electron chi connectivity index (χ1n) is 4.90. The molecule has 1 aromatic heterocycles. The molecular formula is C10H16N4O. The van der Waals surface area contributed by atoms with Crippen LogP contribution in [0, 0.1) is 0 Å². The molecule has 0 aromatic carbocycles. The highest BCUT2D eigenvalue weighted by molar-refractivity contribution is 5.97. The molecule has 5 nitrogen and oxygen atoms in total. The number of carbonyl (C=O) groups excluding carboxylic acids is 1. The number of amides is 1. The highest BCUT2D eigenvalue weighted by Gasteiger charge is 2.13. The SMILES string of the molecule is CCN(CCN)c1ncccc1C(N)=O. The summed E-state index contributed by atoms with van der Waals surface area (Å²) in [6, 6.07) is 3.36. The summed E-state index contributed by atoms with van der Waals surface area (Å²) in [5, 5.41) is 0. The van der Waals surface area contributed by atoms with Gasteiger partial charge in [0.05, 0.1) is 5.56 Å². The molecular weight excluding hydrogens is 192 g/mol. The molecule has 82 valence electrons. The van der Waals surface area contributed by atoms with Crippen LogP contribution in [-0.2, 0) is 0 Å². The summed E-state index contributed by atoms with van der Waals surface area (Å²) >= 11 is 0. The molecule has 0 fully saturated rings. The predicted octanol–water partition coefficient (Wildman–Crippen LogP) is -0.0345. The van der Waals surface area contributed by atoms with Crippen LogP contribution in [0.25, 0.3) is 0 Å². The van der Waals surface area contributed by atoms with Crippen molar-refractivity contribution in [2.24, 2.45) is 11.5 Å². The predicted molar refractivity (Wildman–Crippen MR) is 59.7 cm³/mol. The van der Waals surface area contributed by atoms with E-state index in [2.05, 4.69) is 4.98 Å². The Bertz CT molecular complexity index is 340. The van der Waals surface area contributed by atoms with E-state index in [1.54, 1.807) is 18.3 Å². The number of aromatic nitrogens is 1. The number of hydrogen-bond acceptors (Lipinski definition) is 4. The molecule has 1 amide bonds. The van der Waals surface area contributed by atoms with Crippen molar-refractivity contribution in [3.63, 3.8) is 0 Å². The van der Waals surface area contributed by atoms with Crippen molar-refractivity contribution in [1.82, 2.24) is 4.98 Å². The minimum Gasteiger partial charge on any atom is -0.365 e. The van der Waals surface area contributed by atoms with Crippen LogP contribution in [0.1, 0.15) is 17.3 Å². The first-order chi connectivity index (χ1) is 7.20. The maximum Gasteiger partial charge on any atom is 0.252 e. The van der Waals surface area contributed by atoms with E-state index in [1.165, 1.54) is 0 Å². The molecule has 0 saturated heterocycles. The average Bonchev–Trinajstić information content (AvgIpc) is 2.26. The fourth-order valence-corrected chi connectivity index (χ4v) is 1.41. The molecule has 5 heteroatoms. The molecule has 0 radical (unpaired) electrons. The van der Waals surface area contributed by atoms with Crippen molar-refractivity contribution < 1.29 is 4.79 Å². The highest BCUT2D eigenvalue weighted by atomic mass is 16.1. The van der Waals surface area contributed by atoms with Crippen LogP contribution in [0.3, 0.4) is 0 Å². The summed E-state index contributed by atoms with van der Waals surface area (Å²) in [6.07, 6.45) is 1.64. The van der Waals surface area contributed by atoms with Gasteiger partial charge in [-0.1, -0.05) is 0 Å². The maximum atomic E-state index is 11.2. The summed E-state index contributed by atoms with van der Waals surface area (Å²) in [6.45, 7) is 3.90. The van der Waals surface area contributed by atoms with Crippen LogP contribution in [0.15, 0.2) is 18.3 Å². The Balaban J connectivity index is 3.04. The molecule has 1 aromatic rings. The number of nitrogens with two attached hydrogens (primary N) is 2. The summed E-state index contributed by atoms with van der Waals surface area (Å²) in [5.74, 6) is 0.145. The Kier molecular flexibility index (Phi) is 4.05. The van der Waals surface area contributed by atoms with Crippen LogP contribution in [0.2, 0.25) is 0 Å². The number of hydrogen-bond donors (Lipinski definition) is 2. The molecule has 0 saturated carbocycles. The van der Waals surface area contributed by atoms with E-state index in [0.29, 0.717) is 24.5 Å². The van der Waals surface area contributed by atoms with Gasteiger partial charge in [0.1, 0.15) is 5.82 Å². The van der Waals surface area contributed by atoms with Gasteiger partial charge in [-0.15, -0.1) is 0 Å². The zero-order chi connectivity index (χ0) is 11.3. The first kappa shape index (κ1) is 11.5. The Hall–Kier alpha value is -1.62. The van der Waals surface area contributed by atoms with E-state index in [9.17, 15) is 4.79 Å². The fourth-order valence-electron chi connectivity index (χ4n) is 1.41. The van der Waals surface area contributed by atoms with Crippen LogP contribution < -0.4 is 16.4 Å². The summed E-state index contributed by atoms with van der Waals surface area (Å²) in [5.41, 5.74) is 11.2. The number of rotatable bonds is 5. The van der Waals surface area contributed by atoms with E-state index < -0.39 is 5.91 Å². The minimum atomic E-state index is -0.464. The quantitative estimate of drug-likeness (QED) is 0.711. The second-order valence-electron chi connectivity index (χ2n) is 3.11. The lowest BCUT2D eigenvalue weighted by Gasteiger charge is -2.22. The summed E-state index contributed by atoms with van der Waals surface area (Å²) in [7, 11) is 0. The van der Waals surface area contributed by atoms with Crippen molar-refractivity contribution in [2.75, 3.05) is 24.5 Å². The smallest absolute Gasteiger partial charge is 0.252 e. The van der Waals surface area contributed by atoms with Gasteiger partial charge in [-0.2, -0.15) is 0 Å². The Morgan fingerprint density at radius 1 is 1.60 bits per heavy atom. The number of pyridine rings is 1. The third-order valence-electron chi connectivity index (χ3n) is 2.13. The van der Waals surface area contributed by atoms with Gasteiger partial charge in [0.2, 0.25) is 0 Å². The third-order valence-corrected chi connectivity index (χ3v) is 2.13. The number of nitrogens with zero attached hydrogens (tertiary/aromatic N) is 2. The highest BCUT2D eigenvalue weighted by Crippen LogP contribution is 2.15. The van der Waals surface area contributed by atoms with Crippen molar-refractivity contribution in [2.45, 2.75) is 6.92 Å². The third kappa shape index (κ3) is 2.66. The largest absolute Gasteiger partial charge is 0.365 e. The Morgan fingerprint density at radius 2 is 2.33 bits per heavy atom. The molecule has 1 rings (SSSR count). The van der Waals surface area contributed by atoms with Crippen LogP contribution in [0.5, 0.6) is 0 Å². The van der Waals surface area contributed by atoms with Gasteiger partial charge >= 0.3 is 0 Å². The van der Waals surface area contributed by atoms with Gasteiger partial charge in [-0.25, -0.2) is 4.98 Å². The molecule has 0 bridgehead atoms. The van der Waals surface area contributed by atoms with E-state index >= 15 is 0 Å². The standard InChI is InChI=1S/C10H16N4O/c1-2-14(7-5-11)10-8(9(12)15)4-3-6-13-10/h3-4,6H,2,5,7,11H2,1H3,(H2,12,15). The van der Waals surface area contributed by atoms with Crippen molar-refractivity contribution in [3.05, 3.63) is 23.9 Å². The van der Waals surface area contributed by atoms with Crippen LogP contribution in [-0.4, -0.2) is 30.5 Å². The topological polar surface area (TPSA) is 85.2 Å². The van der Waals surface area contributed by atoms with Gasteiger partial charge in [-0.05, 0) is 19.1 Å². The number of primary amides is 1. The molecule has 0 unspecified atom stereocenters. The Labute approximate surface area is 89.1 Å². The summed E-state index contributed by atoms with van der Waals surface area (Å²) < 4.78 is 0. The summed E-state index contributed by atoms with van der Waals surface area (Å²) in [4.78, 5) is 17.3. The van der Waals surface area contributed by atoms with Crippen LogP contribution >= 0.6 is 0 Å². The molecule has 0 atom stereocenters. The van der Waals surface area contributed by atoms with Crippen molar-refractivity contribution in [3.8, 4) is 0 Å². The fraction of sp³-hybridized carbons (Fsp3) is 0.400. The molecule has 0 aliphatic rings. The first-order valence-corrected chi connectivity index (χ1v) is 4.90. The van der Waals surface area contributed by atoms with Gasteiger partial charge in [0.15, 0.2) is 0 Å². The molecule has 15 heavy (non-hydrogen) atoms. The van der Waals surface area contributed by atoms with Gasteiger partial charge in [0, 0.05) is 25.8 Å². The van der Waals surface area contributed by atoms with E-state index in [4.69, 9.17) is 11.5 Å². The molecule has 0 aliphatic carbocycles. The molecule has 1 heterocycles.